The molecule has 0 aromatic heterocycles. The number of halogens is 1. The van der Waals surface area contributed by atoms with Crippen LogP contribution in [0.25, 0.3) is 0 Å². The van der Waals surface area contributed by atoms with Gasteiger partial charge in [0.05, 0.1) is 16.6 Å². The first-order valence-corrected chi connectivity index (χ1v) is 11.9. The highest BCUT2D eigenvalue weighted by molar-refractivity contribution is 7.92. The van der Waals surface area contributed by atoms with Crippen LogP contribution in [-0.4, -0.2) is 21.4 Å². The van der Waals surface area contributed by atoms with Gasteiger partial charge in [-0.1, -0.05) is 35.9 Å². The van der Waals surface area contributed by atoms with Crippen molar-refractivity contribution in [3.63, 3.8) is 0 Å². The van der Waals surface area contributed by atoms with Crippen molar-refractivity contribution in [3.05, 3.63) is 94.5 Å². The van der Waals surface area contributed by atoms with E-state index in [-0.39, 0.29) is 16.8 Å². The molecule has 1 N–H and O–H groups in total. The van der Waals surface area contributed by atoms with Gasteiger partial charge in [-0.05, 0) is 78.9 Å². The standard InChI is InChI=1S/C24H23ClN2O3S/c1-27(31(29,30)21-15-11-19(25)12-16-21)20-13-9-18(10-14-20)24(28)26-23-8-4-6-17-5-2-3-7-22(17)23/h2-3,5,7,9-16,23H,4,6,8H2,1H3,(H,26,28). The highest BCUT2D eigenvalue weighted by Gasteiger charge is 2.23. The number of aryl methyl sites for hydroxylation is 1. The Balaban J connectivity index is 1.49. The molecule has 0 heterocycles. The van der Waals surface area contributed by atoms with Crippen LogP contribution in [0.5, 0.6) is 0 Å². The first kappa shape index (κ1) is 21.4. The van der Waals surface area contributed by atoms with E-state index in [2.05, 4.69) is 17.4 Å². The SMILES string of the molecule is CN(c1ccc(C(=O)NC2CCCc3ccccc32)cc1)S(=O)(=O)c1ccc(Cl)cc1. The van der Waals surface area contributed by atoms with Crippen molar-refractivity contribution in [1.29, 1.82) is 0 Å². The van der Waals surface area contributed by atoms with Crippen molar-refractivity contribution in [2.24, 2.45) is 0 Å². The fraction of sp³-hybridized carbons (Fsp3) is 0.208. The van der Waals surface area contributed by atoms with Crippen LogP contribution in [0.4, 0.5) is 5.69 Å². The molecule has 0 saturated carbocycles. The zero-order chi connectivity index (χ0) is 22.0. The number of anilines is 1. The van der Waals surface area contributed by atoms with Gasteiger partial charge in [0.25, 0.3) is 15.9 Å². The zero-order valence-corrected chi connectivity index (χ0v) is 18.7. The number of carbonyl (C=O) groups is 1. The second-order valence-electron chi connectivity index (χ2n) is 7.59. The first-order chi connectivity index (χ1) is 14.9. The molecule has 7 heteroatoms. The monoisotopic (exact) mass is 454 g/mol. The predicted octanol–water partition coefficient (Wildman–Crippen LogP) is 4.97. The van der Waals surface area contributed by atoms with E-state index in [1.165, 1.54) is 34.6 Å². The van der Waals surface area contributed by atoms with Gasteiger partial charge in [-0.25, -0.2) is 8.42 Å². The molecular formula is C24H23ClN2O3S. The van der Waals surface area contributed by atoms with Gasteiger partial charge in [-0.15, -0.1) is 0 Å². The molecule has 1 amide bonds. The Morgan fingerprint density at radius 1 is 1.00 bits per heavy atom. The second kappa shape index (κ2) is 8.73. The summed E-state index contributed by atoms with van der Waals surface area (Å²) in [6.07, 6.45) is 2.98. The maximum Gasteiger partial charge on any atom is 0.264 e. The molecule has 4 rings (SSSR count). The quantitative estimate of drug-likeness (QED) is 0.591. The first-order valence-electron chi connectivity index (χ1n) is 10.1. The Morgan fingerprint density at radius 2 is 1.68 bits per heavy atom. The van der Waals surface area contributed by atoms with E-state index in [9.17, 15) is 13.2 Å². The van der Waals surface area contributed by atoms with Crippen LogP contribution in [-0.2, 0) is 16.4 Å². The molecule has 1 atom stereocenters. The molecule has 0 fully saturated rings. The summed E-state index contributed by atoms with van der Waals surface area (Å²) in [5.74, 6) is -0.170. The van der Waals surface area contributed by atoms with Crippen molar-refractivity contribution in [1.82, 2.24) is 5.32 Å². The topological polar surface area (TPSA) is 66.5 Å². The van der Waals surface area contributed by atoms with E-state index < -0.39 is 10.0 Å². The lowest BCUT2D eigenvalue weighted by atomic mass is 9.87. The van der Waals surface area contributed by atoms with E-state index in [0.717, 1.165) is 19.3 Å². The van der Waals surface area contributed by atoms with Crippen molar-refractivity contribution >= 4 is 33.2 Å². The molecule has 1 aliphatic carbocycles. The Bertz CT molecular complexity index is 1190. The number of nitrogens with zero attached hydrogens (tertiary/aromatic N) is 1. The molecule has 160 valence electrons. The third-order valence-corrected chi connectivity index (χ3v) is 7.69. The van der Waals surface area contributed by atoms with Gasteiger partial charge in [0, 0.05) is 17.6 Å². The summed E-state index contributed by atoms with van der Waals surface area (Å²) in [6, 6.07) is 20.8. The summed E-state index contributed by atoms with van der Waals surface area (Å²) in [4.78, 5) is 12.9. The molecule has 0 spiro atoms. The smallest absolute Gasteiger partial charge is 0.264 e. The van der Waals surface area contributed by atoms with Gasteiger partial charge < -0.3 is 5.32 Å². The van der Waals surface area contributed by atoms with E-state index >= 15 is 0 Å². The van der Waals surface area contributed by atoms with Crippen molar-refractivity contribution < 1.29 is 13.2 Å². The number of benzene rings is 3. The maximum absolute atomic E-state index is 12.8. The van der Waals surface area contributed by atoms with Gasteiger partial charge in [-0.3, -0.25) is 9.10 Å². The molecule has 0 aliphatic heterocycles. The second-order valence-corrected chi connectivity index (χ2v) is 10.00. The average Bonchev–Trinajstić information content (AvgIpc) is 2.79. The van der Waals surface area contributed by atoms with Crippen LogP contribution < -0.4 is 9.62 Å². The minimum atomic E-state index is -3.72. The normalized spacial score (nSPS) is 15.7. The van der Waals surface area contributed by atoms with Gasteiger partial charge in [0.2, 0.25) is 0 Å². The zero-order valence-electron chi connectivity index (χ0n) is 17.1. The average molecular weight is 455 g/mol. The van der Waals surface area contributed by atoms with Crippen LogP contribution in [0.3, 0.4) is 0 Å². The number of fused-ring (bicyclic) bond motifs is 1. The highest BCUT2D eigenvalue weighted by Crippen LogP contribution is 2.30. The van der Waals surface area contributed by atoms with E-state index in [1.807, 2.05) is 12.1 Å². The Kier molecular flexibility index (Phi) is 6.03. The molecule has 0 bridgehead atoms. The predicted molar refractivity (Wildman–Crippen MR) is 123 cm³/mol. The van der Waals surface area contributed by atoms with Crippen molar-refractivity contribution in [2.75, 3.05) is 11.4 Å². The third-order valence-electron chi connectivity index (χ3n) is 5.64. The molecule has 31 heavy (non-hydrogen) atoms. The summed E-state index contributed by atoms with van der Waals surface area (Å²) in [6.45, 7) is 0. The summed E-state index contributed by atoms with van der Waals surface area (Å²) in [5.41, 5.74) is 3.41. The maximum atomic E-state index is 12.8. The Hall–Kier alpha value is -2.83. The molecule has 3 aromatic carbocycles. The van der Waals surface area contributed by atoms with Gasteiger partial charge in [0.15, 0.2) is 0 Å². The minimum Gasteiger partial charge on any atom is -0.345 e. The molecule has 0 saturated heterocycles. The van der Waals surface area contributed by atoms with Crippen LogP contribution >= 0.6 is 11.6 Å². The number of sulfonamides is 1. The lowest BCUT2D eigenvalue weighted by Crippen LogP contribution is -2.31. The Labute approximate surface area is 187 Å². The third kappa shape index (κ3) is 4.45. The largest absolute Gasteiger partial charge is 0.345 e. The number of hydrogen-bond donors (Lipinski definition) is 1. The molecule has 5 nitrogen and oxygen atoms in total. The lowest BCUT2D eigenvalue weighted by Gasteiger charge is -2.26. The van der Waals surface area contributed by atoms with E-state index in [0.29, 0.717) is 16.3 Å². The van der Waals surface area contributed by atoms with Gasteiger partial charge >= 0.3 is 0 Å². The summed E-state index contributed by atoms with van der Waals surface area (Å²) < 4.78 is 26.9. The minimum absolute atomic E-state index is 0.00918. The summed E-state index contributed by atoms with van der Waals surface area (Å²) >= 11 is 5.86. The molecule has 1 aliphatic rings. The number of nitrogens with one attached hydrogen (secondary N) is 1. The fourth-order valence-corrected chi connectivity index (χ4v) is 5.19. The lowest BCUT2D eigenvalue weighted by molar-refractivity contribution is 0.0933. The number of carbonyl (C=O) groups excluding carboxylic acids is 1. The van der Waals surface area contributed by atoms with E-state index in [1.54, 1.807) is 36.4 Å². The van der Waals surface area contributed by atoms with Crippen molar-refractivity contribution in [3.8, 4) is 0 Å². The number of rotatable bonds is 5. The Morgan fingerprint density at radius 3 is 2.39 bits per heavy atom. The number of amides is 1. The van der Waals surface area contributed by atoms with Gasteiger partial charge in [0.1, 0.15) is 0 Å². The van der Waals surface area contributed by atoms with Crippen molar-refractivity contribution in [2.45, 2.75) is 30.2 Å². The molecular weight excluding hydrogens is 432 g/mol. The van der Waals surface area contributed by atoms with E-state index in [4.69, 9.17) is 11.6 Å². The van der Waals surface area contributed by atoms with Crippen LogP contribution in [0.15, 0.2) is 77.7 Å². The van der Waals surface area contributed by atoms with Crippen LogP contribution in [0.1, 0.15) is 40.4 Å². The molecule has 1 unspecified atom stereocenters. The van der Waals surface area contributed by atoms with Crippen LogP contribution in [0.2, 0.25) is 5.02 Å². The highest BCUT2D eigenvalue weighted by atomic mass is 35.5. The van der Waals surface area contributed by atoms with Crippen LogP contribution in [0, 0.1) is 0 Å². The fourth-order valence-electron chi connectivity index (χ4n) is 3.87. The summed E-state index contributed by atoms with van der Waals surface area (Å²) in [5, 5.41) is 3.59. The number of hydrogen-bond acceptors (Lipinski definition) is 3. The summed E-state index contributed by atoms with van der Waals surface area (Å²) in [7, 11) is -2.24. The molecule has 0 radical (unpaired) electrons. The molecule has 3 aromatic rings. The van der Waals surface area contributed by atoms with Gasteiger partial charge in [-0.2, -0.15) is 0 Å².